The molecule has 0 spiro atoms. The summed E-state index contributed by atoms with van der Waals surface area (Å²) in [5, 5.41) is 0. The third-order valence-corrected chi connectivity index (χ3v) is 13.4. The molecule has 0 radical (unpaired) electrons. The van der Waals surface area contributed by atoms with Crippen molar-refractivity contribution in [3.63, 3.8) is 0 Å². The van der Waals surface area contributed by atoms with E-state index < -0.39 is 13.5 Å². The predicted molar refractivity (Wildman–Crippen MR) is 152 cm³/mol. The minimum absolute atomic E-state index is 0.0944. The molecule has 1 aromatic rings. The fraction of sp³-hybridized carbons (Fsp3) is 0.679. The van der Waals surface area contributed by atoms with E-state index in [0.29, 0.717) is 0 Å². The zero-order chi connectivity index (χ0) is 23.9. The number of rotatable bonds is 9. The first kappa shape index (κ1) is 29.7. The van der Waals surface area contributed by atoms with Gasteiger partial charge in [0.15, 0.2) is 0 Å². The molecule has 2 aliphatic rings. The van der Waals surface area contributed by atoms with E-state index in [1.807, 2.05) is 22.8 Å². The van der Waals surface area contributed by atoms with E-state index in [-0.39, 0.29) is 7.92 Å². The summed E-state index contributed by atoms with van der Waals surface area (Å²) < 4.78 is 3.20. The molecule has 0 N–H and O–H groups in total. The molecule has 2 saturated carbocycles. The standard InChI is InChI=1S/C17H35NP.C11H12.2ClH.Ru/c1-18(2,3)14-15-19(16-10-6-4-7-11-16)17-12-8-5-9-13-17;1-2-3-5-8-11-9-6-4-7-10-11;;;/h16-17H,4-15H2,1-3H3;1,4-10H,2-3H2;2*1H;/q+1;;;;+2/p-1/b;8-5+;;;. The fourth-order valence-electron chi connectivity index (χ4n) is 5.17. The molecular formula is C28H48Cl2NPRu+2. The van der Waals surface area contributed by atoms with E-state index in [2.05, 4.69) is 45.4 Å². The van der Waals surface area contributed by atoms with E-state index >= 15 is 0 Å². The maximum absolute atomic E-state index is 5.70. The molecule has 0 saturated heterocycles. The Bertz CT molecular complexity index is 668. The molecule has 3 rings (SSSR count). The Morgan fingerprint density at radius 1 is 0.848 bits per heavy atom. The molecule has 0 atom stereocenters. The van der Waals surface area contributed by atoms with Gasteiger partial charge in [-0.3, -0.25) is 0 Å². The van der Waals surface area contributed by atoms with Gasteiger partial charge in [0.1, 0.15) is 12.7 Å². The van der Waals surface area contributed by atoms with Crippen molar-refractivity contribution in [1.82, 2.24) is 0 Å². The van der Waals surface area contributed by atoms with E-state index in [9.17, 15) is 0 Å². The van der Waals surface area contributed by atoms with Crippen molar-refractivity contribution in [2.75, 3.05) is 33.8 Å². The molecule has 0 aromatic heterocycles. The van der Waals surface area contributed by atoms with Gasteiger partial charge in [0.05, 0.1) is 32.5 Å². The summed E-state index contributed by atoms with van der Waals surface area (Å²) in [7, 11) is 18.4. The second-order valence-corrected chi connectivity index (χ2v) is 20.0. The molecule has 0 heterocycles. The molecule has 5 heteroatoms. The molecule has 0 amide bonds. The number of nitrogens with zero attached hydrogens (tertiary/aromatic N) is 1. The van der Waals surface area contributed by atoms with Gasteiger partial charge in [-0.15, -0.1) is 0 Å². The average molecular weight is 602 g/mol. The van der Waals surface area contributed by atoms with Crippen molar-refractivity contribution in [3.05, 3.63) is 42.0 Å². The Morgan fingerprint density at radius 2 is 1.39 bits per heavy atom. The SMILES string of the molecule is C[N+](C)(C)CC[PH+](C1CCCCC1)C1CCCCC1.[Cl][Ru]([Cl])=[CH]CC/C=C/c1ccccc1. The van der Waals surface area contributed by atoms with Crippen molar-refractivity contribution < 1.29 is 18.0 Å². The van der Waals surface area contributed by atoms with Crippen LogP contribution in [0.4, 0.5) is 0 Å². The van der Waals surface area contributed by atoms with E-state index in [0.717, 1.165) is 12.8 Å². The van der Waals surface area contributed by atoms with Gasteiger partial charge in [0.25, 0.3) is 0 Å². The molecule has 2 aliphatic carbocycles. The summed E-state index contributed by atoms with van der Waals surface area (Å²) in [6.07, 6.45) is 23.4. The molecular weight excluding hydrogens is 553 g/mol. The van der Waals surface area contributed by atoms with Crippen LogP contribution in [-0.4, -0.2) is 54.3 Å². The molecule has 0 unspecified atom stereocenters. The van der Waals surface area contributed by atoms with E-state index in [1.54, 1.807) is 31.8 Å². The number of unbranched alkanes of at least 4 members (excludes halogenated alkanes) is 1. The van der Waals surface area contributed by atoms with Gasteiger partial charge in [-0.2, -0.15) is 0 Å². The summed E-state index contributed by atoms with van der Waals surface area (Å²) in [5.74, 6) is 0. The van der Waals surface area contributed by atoms with Gasteiger partial charge >= 0.3 is 98.4 Å². The molecule has 2 fully saturated rings. The number of hydrogen-bond donors (Lipinski definition) is 0. The molecule has 190 valence electrons. The second kappa shape index (κ2) is 17.0. The third-order valence-electron chi connectivity index (χ3n) is 6.98. The predicted octanol–water partition coefficient (Wildman–Crippen LogP) is 8.78. The van der Waals surface area contributed by atoms with Crippen LogP contribution in [0.2, 0.25) is 0 Å². The summed E-state index contributed by atoms with van der Waals surface area (Å²) in [6.45, 7) is 1.42. The van der Waals surface area contributed by atoms with Gasteiger partial charge in [-0.25, -0.2) is 0 Å². The molecule has 0 aliphatic heterocycles. The average Bonchev–Trinajstić information content (AvgIpc) is 2.81. The Morgan fingerprint density at radius 3 is 1.88 bits per heavy atom. The van der Waals surface area contributed by atoms with Crippen LogP contribution in [-0.2, 0) is 13.5 Å². The summed E-state index contributed by atoms with van der Waals surface area (Å²) in [4.78, 5) is 0. The fourth-order valence-corrected chi connectivity index (χ4v) is 11.5. The van der Waals surface area contributed by atoms with Crippen molar-refractivity contribution >= 4 is 38.0 Å². The van der Waals surface area contributed by atoms with Crippen molar-refractivity contribution in [3.8, 4) is 0 Å². The molecule has 33 heavy (non-hydrogen) atoms. The second-order valence-electron chi connectivity index (χ2n) is 10.7. The van der Waals surface area contributed by atoms with Crippen LogP contribution in [0.15, 0.2) is 36.4 Å². The van der Waals surface area contributed by atoms with Crippen LogP contribution < -0.4 is 0 Å². The van der Waals surface area contributed by atoms with E-state index in [4.69, 9.17) is 19.4 Å². The Hall–Kier alpha value is 0.423. The van der Waals surface area contributed by atoms with Crippen LogP contribution >= 0.6 is 27.3 Å². The van der Waals surface area contributed by atoms with Crippen LogP contribution in [0.5, 0.6) is 0 Å². The zero-order valence-electron chi connectivity index (χ0n) is 21.2. The van der Waals surface area contributed by atoms with Crippen LogP contribution in [0.25, 0.3) is 6.08 Å². The number of halogens is 2. The van der Waals surface area contributed by atoms with Gasteiger partial charge in [-0.05, 0) is 51.4 Å². The van der Waals surface area contributed by atoms with Crippen LogP contribution in [0, 0.1) is 0 Å². The number of hydrogen-bond acceptors (Lipinski definition) is 0. The number of quaternary nitrogens is 1. The maximum atomic E-state index is 5.70. The van der Waals surface area contributed by atoms with Gasteiger partial charge in [0, 0.05) is 7.92 Å². The van der Waals surface area contributed by atoms with Crippen LogP contribution in [0.1, 0.15) is 82.6 Å². The zero-order valence-corrected chi connectivity index (χ0v) is 25.5. The first-order valence-corrected chi connectivity index (χ1v) is 20.4. The van der Waals surface area contributed by atoms with Gasteiger partial charge in [0.2, 0.25) is 0 Å². The third kappa shape index (κ3) is 13.9. The minimum atomic E-state index is -1.54. The quantitative estimate of drug-likeness (QED) is 0.115. The Kier molecular flexibility index (Phi) is 15.3. The molecule has 1 aromatic carbocycles. The van der Waals surface area contributed by atoms with E-state index in [1.165, 1.54) is 66.4 Å². The molecule has 1 nitrogen and oxygen atoms in total. The van der Waals surface area contributed by atoms with Crippen molar-refractivity contribution in [1.29, 1.82) is 0 Å². The van der Waals surface area contributed by atoms with Gasteiger partial charge < -0.3 is 4.48 Å². The molecule has 0 bridgehead atoms. The summed E-state index contributed by atoms with van der Waals surface area (Å²) in [6, 6.07) is 10.3. The van der Waals surface area contributed by atoms with Gasteiger partial charge in [-0.1, -0.05) is 12.8 Å². The topological polar surface area (TPSA) is 0 Å². The first-order valence-electron chi connectivity index (χ1n) is 13.0. The number of allylic oxidation sites excluding steroid dienone is 1. The van der Waals surface area contributed by atoms with Crippen LogP contribution in [0.3, 0.4) is 0 Å². The summed E-state index contributed by atoms with van der Waals surface area (Å²) in [5.41, 5.74) is 3.58. The monoisotopic (exact) mass is 601 g/mol. The normalized spacial score (nSPS) is 18.8. The van der Waals surface area contributed by atoms with Crippen molar-refractivity contribution in [2.45, 2.75) is 88.4 Å². The summed E-state index contributed by atoms with van der Waals surface area (Å²) >= 11 is -1.54. The Labute approximate surface area is 219 Å². The Balaban J connectivity index is 0.000000245. The first-order chi connectivity index (χ1) is 15.8. The number of benzene rings is 1. The van der Waals surface area contributed by atoms with Crippen molar-refractivity contribution in [2.24, 2.45) is 0 Å².